The topological polar surface area (TPSA) is 80.5 Å². The fraction of sp³-hybridized carbons (Fsp3) is 0.500. The number of β-amino-alcohol motifs (C(OH)–C–C–N with tert-alkyl or cyclic N) is 1. The Morgan fingerprint density at radius 3 is 2.72 bits per heavy atom. The highest BCUT2D eigenvalue weighted by Crippen LogP contribution is 2.27. The molecule has 25 heavy (non-hydrogen) atoms. The largest absolute Gasteiger partial charge is 0.491 e. The normalized spacial score (nSPS) is 20.7. The predicted octanol–water partition coefficient (Wildman–Crippen LogP) is 1.36. The van der Waals surface area contributed by atoms with Crippen LogP contribution in [0.3, 0.4) is 0 Å². The summed E-state index contributed by atoms with van der Waals surface area (Å²) in [7, 11) is 0. The first-order valence-electron chi connectivity index (χ1n) is 8.37. The van der Waals surface area contributed by atoms with Crippen molar-refractivity contribution in [2.45, 2.75) is 38.3 Å². The third-order valence-electron chi connectivity index (χ3n) is 4.66. The molecule has 3 rings (SSSR count). The van der Waals surface area contributed by atoms with E-state index in [4.69, 9.17) is 4.74 Å². The molecule has 1 aromatic heterocycles. The number of ether oxygens (including phenoxy) is 1. The number of nitrogens with zero attached hydrogens (tertiary/aromatic N) is 4. The molecule has 1 aliphatic heterocycles. The maximum absolute atomic E-state index is 12.9. The Hall–Kier alpha value is -2.41. The third-order valence-corrected chi connectivity index (χ3v) is 4.66. The Morgan fingerprint density at radius 2 is 2.08 bits per heavy atom. The highest BCUT2D eigenvalue weighted by atomic mass is 16.5. The molecule has 1 aliphatic rings. The van der Waals surface area contributed by atoms with Crippen LogP contribution in [0.15, 0.2) is 36.9 Å². The van der Waals surface area contributed by atoms with Crippen LogP contribution in [0.5, 0.6) is 5.75 Å². The highest BCUT2D eigenvalue weighted by Gasteiger charge is 2.43. The van der Waals surface area contributed by atoms with Crippen LogP contribution >= 0.6 is 0 Å². The van der Waals surface area contributed by atoms with E-state index in [-0.39, 0.29) is 19.1 Å². The van der Waals surface area contributed by atoms with Gasteiger partial charge in [-0.1, -0.05) is 17.7 Å². The van der Waals surface area contributed by atoms with Gasteiger partial charge in [-0.15, -0.1) is 0 Å². The van der Waals surface area contributed by atoms with Crippen LogP contribution in [-0.4, -0.2) is 56.0 Å². The van der Waals surface area contributed by atoms with Crippen LogP contribution in [0.2, 0.25) is 0 Å². The molecule has 1 atom stereocenters. The van der Waals surface area contributed by atoms with Crippen LogP contribution in [0.1, 0.15) is 25.8 Å². The Labute approximate surface area is 147 Å². The van der Waals surface area contributed by atoms with Gasteiger partial charge in [0.25, 0.3) is 0 Å². The summed E-state index contributed by atoms with van der Waals surface area (Å²) in [5.74, 6) is 0.621. The van der Waals surface area contributed by atoms with E-state index in [2.05, 4.69) is 10.1 Å². The number of hydrogen-bond acceptors (Lipinski definition) is 5. The zero-order valence-corrected chi connectivity index (χ0v) is 14.8. The lowest BCUT2D eigenvalue weighted by atomic mass is 10.0. The predicted molar refractivity (Wildman–Crippen MR) is 92.2 cm³/mol. The number of aromatic nitrogens is 3. The molecule has 0 bridgehead atoms. The van der Waals surface area contributed by atoms with Crippen LogP contribution in [-0.2, 0) is 10.3 Å². The van der Waals surface area contributed by atoms with E-state index in [1.807, 2.05) is 31.2 Å². The van der Waals surface area contributed by atoms with Crippen molar-refractivity contribution < 1.29 is 14.6 Å². The minimum absolute atomic E-state index is 0.0933. The first kappa shape index (κ1) is 17.4. The van der Waals surface area contributed by atoms with Crippen LogP contribution in [0.25, 0.3) is 0 Å². The van der Waals surface area contributed by atoms with Gasteiger partial charge in [-0.2, -0.15) is 5.10 Å². The van der Waals surface area contributed by atoms with E-state index in [1.54, 1.807) is 18.7 Å². The average molecular weight is 344 g/mol. The SMILES string of the molecule is Cc1ccc(OC[C@@]2(O)CCN(C(=O)C(C)(C)n3cncn3)C2)cc1. The number of carbonyl (C=O) groups excluding carboxylic acids is 1. The maximum Gasteiger partial charge on any atom is 0.250 e. The fourth-order valence-electron chi connectivity index (χ4n) is 2.98. The number of aliphatic hydroxyl groups is 1. The second-order valence-corrected chi connectivity index (χ2v) is 7.20. The first-order valence-corrected chi connectivity index (χ1v) is 8.37. The van der Waals surface area contributed by atoms with Gasteiger partial charge in [0.1, 0.15) is 36.2 Å². The molecule has 7 nitrogen and oxygen atoms in total. The molecule has 1 amide bonds. The Morgan fingerprint density at radius 1 is 1.36 bits per heavy atom. The lowest BCUT2D eigenvalue weighted by Crippen LogP contribution is -2.48. The molecule has 134 valence electrons. The molecule has 0 aliphatic carbocycles. The van der Waals surface area contributed by atoms with Crippen LogP contribution in [0.4, 0.5) is 0 Å². The molecule has 0 unspecified atom stereocenters. The number of aryl methyl sites for hydroxylation is 1. The molecule has 0 spiro atoms. The van der Waals surface area contributed by atoms with Crippen molar-refractivity contribution in [3.05, 3.63) is 42.5 Å². The highest BCUT2D eigenvalue weighted by molar-refractivity contribution is 5.84. The third kappa shape index (κ3) is 3.66. The minimum atomic E-state index is -1.04. The number of hydrogen-bond donors (Lipinski definition) is 1. The summed E-state index contributed by atoms with van der Waals surface area (Å²) in [5.41, 5.74) is -0.738. The minimum Gasteiger partial charge on any atom is -0.491 e. The summed E-state index contributed by atoms with van der Waals surface area (Å²) >= 11 is 0. The molecular formula is C18H24N4O3. The first-order chi connectivity index (χ1) is 11.8. The van der Waals surface area contributed by atoms with Crippen molar-refractivity contribution in [1.82, 2.24) is 19.7 Å². The zero-order chi connectivity index (χ0) is 18.1. The number of likely N-dealkylation sites (tertiary alicyclic amines) is 1. The summed E-state index contributed by atoms with van der Waals surface area (Å²) in [5, 5.41) is 14.8. The molecule has 0 radical (unpaired) electrons. The van der Waals surface area contributed by atoms with Crippen molar-refractivity contribution in [2.24, 2.45) is 0 Å². The van der Waals surface area contributed by atoms with Crippen molar-refractivity contribution in [2.75, 3.05) is 19.7 Å². The van der Waals surface area contributed by atoms with Gasteiger partial charge in [-0.25, -0.2) is 9.67 Å². The molecule has 1 saturated heterocycles. The molecule has 0 saturated carbocycles. The Balaban J connectivity index is 1.62. The smallest absolute Gasteiger partial charge is 0.250 e. The molecular weight excluding hydrogens is 320 g/mol. The zero-order valence-electron chi connectivity index (χ0n) is 14.8. The van der Waals surface area contributed by atoms with E-state index < -0.39 is 11.1 Å². The van der Waals surface area contributed by atoms with E-state index in [9.17, 15) is 9.90 Å². The number of rotatable bonds is 5. The van der Waals surface area contributed by atoms with Gasteiger partial charge < -0.3 is 14.7 Å². The van der Waals surface area contributed by atoms with Gasteiger partial charge in [0.15, 0.2) is 0 Å². The van der Waals surface area contributed by atoms with Gasteiger partial charge in [-0.3, -0.25) is 4.79 Å². The summed E-state index contributed by atoms with van der Waals surface area (Å²) < 4.78 is 7.26. The second-order valence-electron chi connectivity index (χ2n) is 7.20. The molecule has 7 heteroatoms. The quantitative estimate of drug-likeness (QED) is 0.886. The summed E-state index contributed by atoms with van der Waals surface area (Å²) in [6, 6.07) is 7.68. The molecule has 1 N–H and O–H groups in total. The van der Waals surface area contributed by atoms with Crippen molar-refractivity contribution in [3.63, 3.8) is 0 Å². The summed E-state index contributed by atoms with van der Waals surface area (Å²) in [6.07, 6.45) is 3.42. The molecule has 1 fully saturated rings. The van der Waals surface area contributed by atoms with Crippen molar-refractivity contribution >= 4 is 5.91 Å². The van der Waals surface area contributed by atoms with Gasteiger partial charge in [0.2, 0.25) is 5.91 Å². The van der Waals surface area contributed by atoms with Gasteiger partial charge in [-0.05, 0) is 39.3 Å². The summed E-state index contributed by atoms with van der Waals surface area (Å²) in [6.45, 7) is 6.49. The summed E-state index contributed by atoms with van der Waals surface area (Å²) in [4.78, 5) is 18.4. The Kier molecular flexibility index (Phi) is 4.51. The number of amides is 1. The van der Waals surface area contributed by atoms with Gasteiger partial charge in [0.05, 0.1) is 6.54 Å². The average Bonchev–Trinajstić information content (AvgIpc) is 3.24. The Bertz CT molecular complexity index is 727. The second kappa shape index (κ2) is 6.48. The van der Waals surface area contributed by atoms with E-state index in [0.717, 1.165) is 5.56 Å². The van der Waals surface area contributed by atoms with Crippen molar-refractivity contribution in [1.29, 1.82) is 0 Å². The lowest BCUT2D eigenvalue weighted by molar-refractivity contribution is -0.139. The fourth-order valence-corrected chi connectivity index (χ4v) is 2.98. The van der Waals surface area contributed by atoms with Crippen molar-refractivity contribution in [3.8, 4) is 5.75 Å². The van der Waals surface area contributed by atoms with E-state index >= 15 is 0 Å². The van der Waals surface area contributed by atoms with Crippen LogP contribution in [0, 0.1) is 6.92 Å². The lowest BCUT2D eigenvalue weighted by Gasteiger charge is -2.30. The number of benzene rings is 1. The standard InChI is InChI=1S/C18H24N4O3/c1-14-4-6-15(7-5-14)25-11-18(24)8-9-21(10-18)16(23)17(2,3)22-13-19-12-20-22/h4-7,12-13,24H,8-11H2,1-3H3/t18-/m1/s1. The number of carbonyl (C=O) groups is 1. The van der Waals surface area contributed by atoms with E-state index in [1.165, 1.54) is 17.3 Å². The van der Waals surface area contributed by atoms with E-state index in [0.29, 0.717) is 18.7 Å². The maximum atomic E-state index is 12.9. The monoisotopic (exact) mass is 344 g/mol. The van der Waals surface area contributed by atoms with Crippen LogP contribution < -0.4 is 4.74 Å². The van der Waals surface area contributed by atoms with Gasteiger partial charge in [0, 0.05) is 6.54 Å². The molecule has 1 aromatic carbocycles. The molecule has 2 heterocycles. The van der Waals surface area contributed by atoms with Gasteiger partial charge >= 0.3 is 0 Å². The molecule has 2 aromatic rings.